The molecule has 0 heterocycles. The Bertz CT molecular complexity index is 220. The first-order chi connectivity index (χ1) is 10.1. The highest BCUT2D eigenvalue weighted by atomic mass is 16.1. The number of rotatable bonds is 16. The van der Waals surface area contributed by atoms with Crippen molar-refractivity contribution in [2.45, 2.75) is 117 Å². The molecule has 0 radical (unpaired) electrons. The van der Waals surface area contributed by atoms with Gasteiger partial charge in [-0.05, 0) is 6.42 Å². The van der Waals surface area contributed by atoms with Gasteiger partial charge in [-0.15, -0.1) is 0 Å². The summed E-state index contributed by atoms with van der Waals surface area (Å²) in [5.41, 5.74) is -0.100. The van der Waals surface area contributed by atoms with Crippen molar-refractivity contribution in [1.82, 2.24) is 0 Å². The summed E-state index contributed by atoms with van der Waals surface area (Å²) in [5, 5.41) is 0. The summed E-state index contributed by atoms with van der Waals surface area (Å²) in [5.74, 6) is 0. The van der Waals surface area contributed by atoms with Crippen molar-refractivity contribution in [3.8, 4) is 0 Å². The largest absolute Gasteiger partial charge is 0.303 e. The minimum absolute atomic E-state index is 0.100. The SMILES string of the molecule is CCCCCCCCCCCCCCCCC(C)(C)C=O. The molecule has 0 bridgehead atoms. The fourth-order valence-corrected chi connectivity index (χ4v) is 2.83. The lowest BCUT2D eigenvalue weighted by Crippen LogP contribution is -2.12. The maximum atomic E-state index is 10.8. The monoisotopic (exact) mass is 296 g/mol. The zero-order valence-corrected chi connectivity index (χ0v) is 15.1. The van der Waals surface area contributed by atoms with Crippen LogP contribution in [0.3, 0.4) is 0 Å². The number of unbranched alkanes of at least 4 members (excludes halogenated alkanes) is 13. The van der Waals surface area contributed by atoms with Gasteiger partial charge in [0.25, 0.3) is 0 Å². The molecule has 126 valence electrons. The Hall–Kier alpha value is -0.330. The van der Waals surface area contributed by atoms with E-state index in [4.69, 9.17) is 0 Å². The summed E-state index contributed by atoms with van der Waals surface area (Å²) in [6, 6.07) is 0. The summed E-state index contributed by atoms with van der Waals surface area (Å²) in [7, 11) is 0. The number of carbonyl (C=O) groups excluding carboxylic acids is 1. The van der Waals surface area contributed by atoms with E-state index >= 15 is 0 Å². The Balaban J connectivity index is 3.08. The van der Waals surface area contributed by atoms with Gasteiger partial charge in [0.2, 0.25) is 0 Å². The van der Waals surface area contributed by atoms with Crippen molar-refractivity contribution in [1.29, 1.82) is 0 Å². The van der Waals surface area contributed by atoms with Crippen LogP contribution < -0.4 is 0 Å². The third-order valence-electron chi connectivity index (χ3n) is 4.49. The van der Waals surface area contributed by atoms with Crippen LogP contribution in [0.2, 0.25) is 0 Å². The van der Waals surface area contributed by atoms with Gasteiger partial charge in [0.05, 0.1) is 0 Å². The maximum absolute atomic E-state index is 10.8. The molecule has 0 aliphatic rings. The van der Waals surface area contributed by atoms with Gasteiger partial charge in [0, 0.05) is 5.41 Å². The zero-order chi connectivity index (χ0) is 15.8. The molecule has 0 aromatic heterocycles. The molecule has 1 nitrogen and oxygen atoms in total. The number of carbonyl (C=O) groups is 1. The summed E-state index contributed by atoms with van der Waals surface area (Å²) in [4.78, 5) is 10.8. The van der Waals surface area contributed by atoms with E-state index < -0.39 is 0 Å². The molecule has 0 aromatic rings. The molecule has 0 saturated heterocycles. The Morgan fingerprint density at radius 3 is 1.29 bits per heavy atom. The van der Waals surface area contributed by atoms with Crippen LogP contribution in [0.15, 0.2) is 0 Å². The van der Waals surface area contributed by atoms with Crippen molar-refractivity contribution in [2.24, 2.45) is 5.41 Å². The van der Waals surface area contributed by atoms with Gasteiger partial charge in [0.15, 0.2) is 0 Å². The molecule has 0 saturated carbocycles. The first-order valence-corrected chi connectivity index (χ1v) is 9.59. The fraction of sp³-hybridized carbons (Fsp3) is 0.950. The smallest absolute Gasteiger partial charge is 0.125 e. The van der Waals surface area contributed by atoms with Gasteiger partial charge >= 0.3 is 0 Å². The van der Waals surface area contributed by atoms with Crippen LogP contribution >= 0.6 is 0 Å². The quantitative estimate of drug-likeness (QED) is 0.219. The van der Waals surface area contributed by atoms with Gasteiger partial charge in [-0.25, -0.2) is 0 Å². The van der Waals surface area contributed by atoms with E-state index in [0.29, 0.717) is 0 Å². The van der Waals surface area contributed by atoms with Crippen LogP contribution in [-0.4, -0.2) is 6.29 Å². The van der Waals surface area contributed by atoms with E-state index in [2.05, 4.69) is 6.92 Å². The van der Waals surface area contributed by atoms with Gasteiger partial charge in [-0.3, -0.25) is 0 Å². The van der Waals surface area contributed by atoms with Crippen LogP contribution in [-0.2, 0) is 4.79 Å². The number of aldehydes is 1. The van der Waals surface area contributed by atoms with Crippen LogP contribution in [0.25, 0.3) is 0 Å². The summed E-state index contributed by atoms with van der Waals surface area (Å²) in [6.07, 6.45) is 21.7. The summed E-state index contributed by atoms with van der Waals surface area (Å²) >= 11 is 0. The minimum Gasteiger partial charge on any atom is -0.303 e. The molecule has 1 heteroatoms. The minimum atomic E-state index is -0.100. The molecule has 0 fully saturated rings. The van der Waals surface area contributed by atoms with Crippen LogP contribution in [0.1, 0.15) is 117 Å². The standard InChI is InChI=1S/C20H40O/c1-4-5-6-7-8-9-10-11-12-13-14-15-16-17-18-20(2,3)19-21/h19H,4-18H2,1-3H3. The fourth-order valence-electron chi connectivity index (χ4n) is 2.83. The molecular weight excluding hydrogens is 256 g/mol. The molecule has 0 aromatic carbocycles. The molecule has 0 rings (SSSR count). The lowest BCUT2D eigenvalue weighted by molar-refractivity contribution is -0.115. The second kappa shape index (κ2) is 14.6. The number of hydrogen-bond donors (Lipinski definition) is 0. The lowest BCUT2D eigenvalue weighted by atomic mass is 9.88. The molecule has 0 aliphatic heterocycles. The molecule has 21 heavy (non-hydrogen) atoms. The molecule has 0 amide bonds. The van der Waals surface area contributed by atoms with E-state index in [1.165, 1.54) is 89.9 Å². The Morgan fingerprint density at radius 1 is 0.619 bits per heavy atom. The van der Waals surface area contributed by atoms with E-state index in [1.54, 1.807) is 0 Å². The predicted molar refractivity (Wildman–Crippen MR) is 94.8 cm³/mol. The first kappa shape index (κ1) is 20.7. The van der Waals surface area contributed by atoms with E-state index in [-0.39, 0.29) is 5.41 Å². The van der Waals surface area contributed by atoms with Crippen molar-refractivity contribution in [3.63, 3.8) is 0 Å². The normalized spacial score (nSPS) is 11.8. The topological polar surface area (TPSA) is 17.1 Å². The van der Waals surface area contributed by atoms with Crippen molar-refractivity contribution >= 4 is 6.29 Å². The van der Waals surface area contributed by atoms with Crippen LogP contribution in [0, 0.1) is 5.41 Å². The Kier molecular flexibility index (Phi) is 14.4. The van der Waals surface area contributed by atoms with E-state index in [0.717, 1.165) is 12.7 Å². The van der Waals surface area contributed by atoms with E-state index in [1.807, 2.05) is 13.8 Å². The molecule has 0 spiro atoms. The van der Waals surface area contributed by atoms with E-state index in [9.17, 15) is 4.79 Å². The maximum Gasteiger partial charge on any atom is 0.125 e. The second-order valence-electron chi connectivity index (χ2n) is 7.45. The van der Waals surface area contributed by atoms with Gasteiger partial charge < -0.3 is 4.79 Å². The molecule has 0 unspecified atom stereocenters. The molecule has 0 aliphatic carbocycles. The highest BCUT2D eigenvalue weighted by Gasteiger charge is 2.14. The Morgan fingerprint density at radius 2 is 0.952 bits per heavy atom. The van der Waals surface area contributed by atoms with Gasteiger partial charge in [0.1, 0.15) is 6.29 Å². The van der Waals surface area contributed by atoms with Crippen molar-refractivity contribution < 1.29 is 4.79 Å². The van der Waals surface area contributed by atoms with Gasteiger partial charge in [-0.1, -0.05) is 111 Å². The third-order valence-corrected chi connectivity index (χ3v) is 4.49. The number of hydrogen-bond acceptors (Lipinski definition) is 1. The average Bonchev–Trinajstić information content (AvgIpc) is 2.47. The Labute approximate surface area is 134 Å². The lowest BCUT2D eigenvalue weighted by Gasteiger charge is -2.15. The van der Waals surface area contributed by atoms with Crippen LogP contribution in [0.5, 0.6) is 0 Å². The highest BCUT2D eigenvalue weighted by molar-refractivity contribution is 5.57. The van der Waals surface area contributed by atoms with Crippen molar-refractivity contribution in [2.75, 3.05) is 0 Å². The van der Waals surface area contributed by atoms with Gasteiger partial charge in [-0.2, -0.15) is 0 Å². The first-order valence-electron chi connectivity index (χ1n) is 9.59. The van der Waals surface area contributed by atoms with Crippen LogP contribution in [0.4, 0.5) is 0 Å². The predicted octanol–water partition coefficient (Wildman–Crippen LogP) is 7.08. The molecule has 0 atom stereocenters. The summed E-state index contributed by atoms with van der Waals surface area (Å²) in [6.45, 7) is 6.37. The summed E-state index contributed by atoms with van der Waals surface area (Å²) < 4.78 is 0. The average molecular weight is 297 g/mol. The highest BCUT2D eigenvalue weighted by Crippen LogP contribution is 2.21. The zero-order valence-electron chi connectivity index (χ0n) is 15.1. The van der Waals surface area contributed by atoms with Crippen molar-refractivity contribution in [3.05, 3.63) is 0 Å². The molecule has 0 N–H and O–H groups in total. The second-order valence-corrected chi connectivity index (χ2v) is 7.45. The third kappa shape index (κ3) is 15.9. The molecular formula is C20H40O.